The summed E-state index contributed by atoms with van der Waals surface area (Å²) in [6.07, 6.45) is 7.39. The second-order valence-corrected chi connectivity index (χ2v) is 5.77. The number of rotatable bonds is 7. The smallest absolute Gasteiger partial charge is 0.191 e. The van der Waals surface area contributed by atoms with Crippen molar-refractivity contribution in [2.24, 2.45) is 4.99 Å². The minimum absolute atomic E-state index is 0.178. The maximum Gasteiger partial charge on any atom is 0.191 e. The van der Waals surface area contributed by atoms with Gasteiger partial charge in [-0.15, -0.1) is 0 Å². The van der Waals surface area contributed by atoms with Crippen molar-refractivity contribution in [2.45, 2.75) is 32.2 Å². The van der Waals surface area contributed by atoms with Gasteiger partial charge < -0.3 is 15.5 Å². The highest BCUT2D eigenvalue weighted by Gasteiger charge is 2.11. The van der Waals surface area contributed by atoms with Crippen LogP contribution in [-0.4, -0.2) is 38.7 Å². The minimum Gasteiger partial charge on any atom is -0.372 e. The van der Waals surface area contributed by atoms with Crippen molar-refractivity contribution in [3.8, 4) is 0 Å². The average molecular weight is 318 g/mol. The molecule has 0 amide bonds. The fraction of sp³-hybridized carbons (Fsp3) is 0.500. The number of halogens is 1. The monoisotopic (exact) mass is 318 g/mol. The largest absolute Gasteiger partial charge is 0.372 e. The van der Waals surface area contributed by atoms with Gasteiger partial charge in [-0.3, -0.25) is 4.99 Å². The number of hydrogen-bond acceptors (Lipinski definition) is 2. The van der Waals surface area contributed by atoms with E-state index in [1.165, 1.54) is 6.07 Å². The number of nitrogens with zero attached hydrogens (tertiary/aromatic N) is 2. The first-order valence-electron chi connectivity index (χ1n) is 8.36. The van der Waals surface area contributed by atoms with Crippen molar-refractivity contribution in [1.82, 2.24) is 10.6 Å². The third-order valence-electron chi connectivity index (χ3n) is 3.88. The predicted octanol–water partition coefficient (Wildman–Crippen LogP) is 2.93. The molecule has 0 spiro atoms. The third kappa shape index (κ3) is 5.58. The van der Waals surface area contributed by atoms with Gasteiger partial charge in [-0.2, -0.15) is 0 Å². The Balaban J connectivity index is 1.77. The van der Waals surface area contributed by atoms with Crippen molar-refractivity contribution >= 4 is 11.6 Å². The summed E-state index contributed by atoms with van der Waals surface area (Å²) in [5, 5.41) is 6.72. The molecule has 126 valence electrons. The van der Waals surface area contributed by atoms with Crippen LogP contribution < -0.4 is 15.5 Å². The Morgan fingerprint density at radius 2 is 2.04 bits per heavy atom. The number of aliphatic imine (C=N–C) groups is 1. The highest BCUT2D eigenvalue weighted by Crippen LogP contribution is 2.16. The lowest BCUT2D eigenvalue weighted by molar-refractivity contribution is 0.619. The van der Waals surface area contributed by atoms with Crippen LogP contribution in [0.4, 0.5) is 10.1 Å². The Kier molecular flexibility index (Phi) is 6.91. The summed E-state index contributed by atoms with van der Waals surface area (Å²) in [6.45, 7) is 4.40. The summed E-state index contributed by atoms with van der Waals surface area (Å²) < 4.78 is 13.7. The molecule has 1 aliphatic carbocycles. The normalized spacial score (nSPS) is 15.0. The molecule has 4 nitrogen and oxygen atoms in total. The SMILES string of the molecule is CCNC(=NCCCN(C)c1ccccc1F)NC1CC=CC1. The molecule has 0 saturated carbocycles. The number of guanidine groups is 1. The maximum atomic E-state index is 13.7. The molecule has 0 bridgehead atoms. The Morgan fingerprint density at radius 1 is 1.30 bits per heavy atom. The summed E-state index contributed by atoms with van der Waals surface area (Å²) in [4.78, 5) is 6.55. The molecule has 0 aromatic heterocycles. The lowest BCUT2D eigenvalue weighted by atomic mass is 10.2. The van der Waals surface area contributed by atoms with Gasteiger partial charge in [0, 0.05) is 32.7 Å². The molecule has 0 fully saturated rings. The van der Waals surface area contributed by atoms with E-state index in [4.69, 9.17) is 0 Å². The number of anilines is 1. The summed E-state index contributed by atoms with van der Waals surface area (Å²) in [5.74, 6) is 0.692. The van der Waals surface area contributed by atoms with Crippen molar-refractivity contribution in [2.75, 3.05) is 31.6 Å². The first-order valence-corrected chi connectivity index (χ1v) is 8.36. The van der Waals surface area contributed by atoms with E-state index in [9.17, 15) is 4.39 Å². The van der Waals surface area contributed by atoms with Crippen molar-refractivity contribution in [3.63, 3.8) is 0 Å². The zero-order chi connectivity index (χ0) is 16.5. The third-order valence-corrected chi connectivity index (χ3v) is 3.88. The Labute approximate surface area is 138 Å². The lowest BCUT2D eigenvalue weighted by Gasteiger charge is -2.20. The predicted molar refractivity (Wildman–Crippen MR) is 95.6 cm³/mol. The maximum absolute atomic E-state index is 13.7. The topological polar surface area (TPSA) is 39.7 Å². The first-order chi connectivity index (χ1) is 11.2. The van der Waals surface area contributed by atoms with Gasteiger partial charge in [0.05, 0.1) is 5.69 Å². The first kappa shape index (κ1) is 17.3. The number of hydrogen-bond donors (Lipinski definition) is 2. The van der Waals surface area contributed by atoms with Gasteiger partial charge in [0.2, 0.25) is 0 Å². The molecule has 0 saturated heterocycles. The molecular weight excluding hydrogens is 291 g/mol. The fourth-order valence-electron chi connectivity index (χ4n) is 2.63. The van der Waals surface area contributed by atoms with Crippen molar-refractivity contribution < 1.29 is 4.39 Å². The van der Waals surface area contributed by atoms with Crippen LogP contribution >= 0.6 is 0 Å². The standard InChI is InChI=1S/C18H27FN4/c1-3-20-18(22-15-9-4-5-10-15)21-13-8-14-23(2)17-12-7-6-11-16(17)19/h4-7,11-12,15H,3,8-10,13-14H2,1-2H3,(H2,20,21,22). The van der Waals surface area contributed by atoms with Crippen LogP contribution in [0.1, 0.15) is 26.2 Å². The van der Waals surface area contributed by atoms with E-state index >= 15 is 0 Å². The minimum atomic E-state index is -0.178. The number of para-hydroxylation sites is 1. The molecular formula is C18H27FN4. The van der Waals surface area contributed by atoms with Crippen LogP contribution in [-0.2, 0) is 0 Å². The summed E-state index contributed by atoms with van der Waals surface area (Å²) in [7, 11) is 1.91. The molecule has 23 heavy (non-hydrogen) atoms. The van der Waals surface area contributed by atoms with E-state index in [0.717, 1.165) is 38.3 Å². The molecule has 2 N–H and O–H groups in total. The van der Waals surface area contributed by atoms with Gasteiger partial charge in [0.1, 0.15) is 5.82 Å². The molecule has 1 aromatic carbocycles. The molecule has 0 radical (unpaired) electrons. The molecule has 0 atom stereocenters. The van der Waals surface area contributed by atoms with Crippen molar-refractivity contribution in [1.29, 1.82) is 0 Å². The second-order valence-electron chi connectivity index (χ2n) is 5.77. The van der Waals surface area contributed by atoms with E-state index in [1.54, 1.807) is 12.1 Å². The molecule has 0 heterocycles. The molecule has 2 rings (SSSR count). The Morgan fingerprint density at radius 3 is 2.74 bits per heavy atom. The van der Waals surface area contributed by atoms with Crippen molar-refractivity contribution in [3.05, 3.63) is 42.2 Å². The van der Waals surface area contributed by atoms with Gasteiger partial charge in [-0.25, -0.2) is 4.39 Å². The van der Waals surface area contributed by atoms with E-state index in [1.807, 2.05) is 18.0 Å². The van der Waals surface area contributed by atoms with Gasteiger partial charge in [0.25, 0.3) is 0 Å². The zero-order valence-corrected chi connectivity index (χ0v) is 14.1. The van der Waals surface area contributed by atoms with Gasteiger partial charge in [-0.05, 0) is 38.3 Å². The summed E-state index contributed by atoms with van der Waals surface area (Å²) in [6, 6.07) is 7.32. The van der Waals surface area contributed by atoms with Crippen LogP contribution in [0.5, 0.6) is 0 Å². The number of benzene rings is 1. The van der Waals surface area contributed by atoms with Crippen LogP contribution in [0.2, 0.25) is 0 Å². The van der Waals surface area contributed by atoms with Gasteiger partial charge >= 0.3 is 0 Å². The van der Waals surface area contributed by atoms with Gasteiger partial charge in [0.15, 0.2) is 5.96 Å². The molecule has 5 heteroatoms. The Hall–Kier alpha value is -2.04. The van der Waals surface area contributed by atoms with Crippen LogP contribution in [0.25, 0.3) is 0 Å². The highest BCUT2D eigenvalue weighted by atomic mass is 19.1. The molecule has 1 aliphatic rings. The fourth-order valence-corrected chi connectivity index (χ4v) is 2.63. The quantitative estimate of drug-likeness (QED) is 0.351. The van der Waals surface area contributed by atoms with E-state index in [2.05, 4.69) is 34.7 Å². The van der Waals surface area contributed by atoms with Crippen LogP contribution in [0.3, 0.4) is 0 Å². The molecule has 1 aromatic rings. The lowest BCUT2D eigenvalue weighted by Crippen LogP contribution is -2.42. The molecule has 0 aliphatic heterocycles. The van der Waals surface area contributed by atoms with E-state index in [0.29, 0.717) is 18.3 Å². The van der Waals surface area contributed by atoms with E-state index in [-0.39, 0.29) is 5.82 Å². The number of nitrogens with one attached hydrogen (secondary N) is 2. The summed E-state index contributed by atoms with van der Waals surface area (Å²) >= 11 is 0. The zero-order valence-electron chi connectivity index (χ0n) is 14.1. The highest BCUT2D eigenvalue weighted by molar-refractivity contribution is 5.80. The average Bonchev–Trinajstić information content (AvgIpc) is 3.05. The van der Waals surface area contributed by atoms with Crippen LogP contribution in [0.15, 0.2) is 41.4 Å². The second kappa shape index (κ2) is 9.18. The van der Waals surface area contributed by atoms with Gasteiger partial charge in [-0.1, -0.05) is 24.3 Å². The Bertz CT molecular complexity index is 534. The summed E-state index contributed by atoms with van der Waals surface area (Å²) in [5.41, 5.74) is 0.638. The van der Waals surface area contributed by atoms with E-state index < -0.39 is 0 Å². The molecule has 0 unspecified atom stereocenters. The van der Waals surface area contributed by atoms with Crippen LogP contribution in [0, 0.1) is 5.82 Å².